The van der Waals surface area contributed by atoms with Crippen LogP contribution < -0.4 is 14.2 Å². The van der Waals surface area contributed by atoms with Gasteiger partial charge in [-0.3, -0.25) is 4.55 Å². The zero-order chi connectivity index (χ0) is 12.0. The molecule has 0 aliphatic rings. The van der Waals surface area contributed by atoms with E-state index in [1.54, 1.807) is 20.3 Å². The summed E-state index contributed by atoms with van der Waals surface area (Å²) in [6.07, 6.45) is 0.625. The van der Waals surface area contributed by atoms with Crippen molar-refractivity contribution in [2.45, 2.75) is 6.42 Å². The zero-order valence-corrected chi connectivity index (χ0v) is 10.0. The molecule has 5 nitrogen and oxygen atoms in total. The summed E-state index contributed by atoms with van der Waals surface area (Å²) in [6, 6.07) is 5.51. The Labute approximate surface area is 97.2 Å². The highest BCUT2D eigenvalue weighted by molar-refractivity contribution is 7.77. The van der Waals surface area contributed by atoms with Gasteiger partial charge in [0.15, 0.2) is 0 Å². The summed E-state index contributed by atoms with van der Waals surface area (Å²) in [4.78, 5) is 0. The molecule has 1 atom stereocenters. The standard InChI is InChI=1S/C10H15NO4S/c1-14-9-5-8(3-4-11-16(12)13)6-10(7-9)15-2/h5-7,11H,3-4H2,1-2H3,(H,12,13). The highest BCUT2D eigenvalue weighted by Crippen LogP contribution is 2.22. The minimum absolute atomic E-state index is 0.416. The Morgan fingerprint density at radius 1 is 1.25 bits per heavy atom. The van der Waals surface area contributed by atoms with Crippen LogP contribution in [0.25, 0.3) is 0 Å². The van der Waals surface area contributed by atoms with Crippen LogP contribution in [0.3, 0.4) is 0 Å². The molecule has 0 aliphatic carbocycles. The summed E-state index contributed by atoms with van der Waals surface area (Å²) in [6.45, 7) is 0.416. The van der Waals surface area contributed by atoms with Crippen molar-refractivity contribution in [3.05, 3.63) is 23.8 Å². The zero-order valence-electron chi connectivity index (χ0n) is 9.23. The fraction of sp³-hybridized carbons (Fsp3) is 0.400. The lowest BCUT2D eigenvalue weighted by Crippen LogP contribution is -2.19. The molecule has 6 heteroatoms. The Morgan fingerprint density at radius 3 is 2.25 bits per heavy atom. The van der Waals surface area contributed by atoms with Crippen LogP contribution in [0.15, 0.2) is 18.2 Å². The van der Waals surface area contributed by atoms with Crippen LogP contribution in [0, 0.1) is 0 Å². The maximum absolute atomic E-state index is 10.4. The first kappa shape index (κ1) is 13.0. The van der Waals surface area contributed by atoms with Gasteiger partial charge in [-0.2, -0.15) is 0 Å². The highest BCUT2D eigenvalue weighted by atomic mass is 32.2. The fourth-order valence-corrected chi connectivity index (χ4v) is 1.57. The quantitative estimate of drug-likeness (QED) is 0.733. The van der Waals surface area contributed by atoms with Crippen LogP contribution >= 0.6 is 0 Å². The summed E-state index contributed by atoms with van der Waals surface area (Å²) < 4.78 is 31.6. The third-order valence-electron chi connectivity index (χ3n) is 2.05. The largest absolute Gasteiger partial charge is 0.497 e. The molecule has 0 spiro atoms. The number of benzene rings is 1. The monoisotopic (exact) mass is 245 g/mol. The van der Waals surface area contributed by atoms with Crippen LogP contribution in [0.2, 0.25) is 0 Å². The Morgan fingerprint density at radius 2 is 1.81 bits per heavy atom. The summed E-state index contributed by atoms with van der Waals surface area (Å²) >= 11 is -1.97. The maximum Gasteiger partial charge on any atom is 0.231 e. The van der Waals surface area contributed by atoms with Crippen molar-refractivity contribution < 1.29 is 18.2 Å². The van der Waals surface area contributed by atoms with Crippen molar-refractivity contribution in [2.75, 3.05) is 20.8 Å². The Balaban J connectivity index is 2.67. The van der Waals surface area contributed by atoms with E-state index in [1.807, 2.05) is 12.1 Å². The molecule has 1 aromatic carbocycles. The van der Waals surface area contributed by atoms with Gasteiger partial charge < -0.3 is 9.47 Å². The molecule has 0 amide bonds. The van der Waals surface area contributed by atoms with Gasteiger partial charge in [0.05, 0.1) is 14.2 Å². The van der Waals surface area contributed by atoms with Crippen molar-refractivity contribution in [3.63, 3.8) is 0 Å². The van der Waals surface area contributed by atoms with E-state index in [1.165, 1.54) is 0 Å². The molecular formula is C10H15NO4S. The molecule has 0 heterocycles. The number of hydrogen-bond donors (Lipinski definition) is 2. The summed E-state index contributed by atoms with van der Waals surface area (Å²) in [5.74, 6) is 1.42. The van der Waals surface area contributed by atoms with Crippen molar-refractivity contribution in [1.82, 2.24) is 4.72 Å². The smallest absolute Gasteiger partial charge is 0.231 e. The second kappa shape index (κ2) is 6.47. The average Bonchev–Trinajstić information content (AvgIpc) is 2.28. The molecule has 1 rings (SSSR count). The number of hydrogen-bond acceptors (Lipinski definition) is 3. The molecule has 0 saturated heterocycles. The maximum atomic E-state index is 10.4. The van der Waals surface area contributed by atoms with E-state index in [2.05, 4.69) is 4.72 Å². The number of rotatable bonds is 6. The molecule has 0 aliphatic heterocycles. The van der Waals surface area contributed by atoms with Crippen LogP contribution in [0.1, 0.15) is 5.56 Å². The molecule has 2 N–H and O–H groups in total. The first-order valence-electron chi connectivity index (χ1n) is 4.72. The first-order valence-corrected chi connectivity index (χ1v) is 5.82. The van der Waals surface area contributed by atoms with E-state index in [9.17, 15) is 4.21 Å². The van der Waals surface area contributed by atoms with Gasteiger partial charge in [-0.1, -0.05) is 0 Å². The van der Waals surface area contributed by atoms with Crippen LogP contribution in [-0.4, -0.2) is 29.5 Å². The van der Waals surface area contributed by atoms with Gasteiger partial charge in [-0.25, -0.2) is 8.93 Å². The van der Waals surface area contributed by atoms with Crippen molar-refractivity contribution in [1.29, 1.82) is 0 Å². The topological polar surface area (TPSA) is 67.8 Å². The van der Waals surface area contributed by atoms with E-state index in [0.717, 1.165) is 5.56 Å². The lowest BCUT2D eigenvalue weighted by atomic mass is 10.1. The normalized spacial score (nSPS) is 12.2. The SMILES string of the molecule is COc1cc(CCNS(=O)O)cc(OC)c1. The van der Waals surface area contributed by atoms with Gasteiger partial charge in [0.2, 0.25) is 11.3 Å². The van der Waals surface area contributed by atoms with E-state index in [-0.39, 0.29) is 0 Å². The Kier molecular flexibility index (Phi) is 5.24. The van der Waals surface area contributed by atoms with Crippen LogP contribution in [0.4, 0.5) is 0 Å². The number of ether oxygens (including phenoxy) is 2. The molecule has 0 fully saturated rings. The van der Waals surface area contributed by atoms with Gasteiger partial charge in [0.25, 0.3) is 0 Å². The molecule has 16 heavy (non-hydrogen) atoms. The molecule has 0 saturated carbocycles. The molecule has 0 aromatic heterocycles. The van der Waals surface area contributed by atoms with Gasteiger partial charge in [-0.05, 0) is 24.1 Å². The van der Waals surface area contributed by atoms with E-state index >= 15 is 0 Å². The molecule has 0 radical (unpaired) electrons. The summed E-state index contributed by atoms with van der Waals surface area (Å²) in [5, 5.41) is 0. The van der Waals surface area contributed by atoms with Crippen LogP contribution in [0.5, 0.6) is 11.5 Å². The average molecular weight is 245 g/mol. The minimum atomic E-state index is -1.97. The predicted molar refractivity (Wildman–Crippen MR) is 62.0 cm³/mol. The number of methoxy groups -OCH3 is 2. The molecule has 90 valence electrons. The van der Waals surface area contributed by atoms with E-state index in [0.29, 0.717) is 24.5 Å². The van der Waals surface area contributed by atoms with Gasteiger partial charge >= 0.3 is 0 Å². The van der Waals surface area contributed by atoms with Crippen LogP contribution in [-0.2, 0) is 17.7 Å². The minimum Gasteiger partial charge on any atom is -0.497 e. The lowest BCUT2D eigenvalue weighted by molar-refractivity contribution is 0.393. The van der Waals surface area contributed by atoms with Gasteiger partial charge in [0.1, 0.15) is 11.5 Å². The number of nitrogens with one attached hydrogen (secondary N) is 1. The van der Waals surface area contributed by atoms with Crippen molar-refractivity contribution >= 4 is 11.3 Å². The lowest BCUT2D eigenvalue weighted by Gasteiger charge is -2.08. The molecular weight excluding hydrogens is 230 g/mol. The second-order valence-electron chi connectivity index (χ2n) is 3.11. The summed E-state index contributed by atoms with van der Waals surface area (Å²) in [7, 11) is 3.17. The van der Waals surface area contributed by atoms with E-state index in [4.69, 9.17) is 14.0 Å². The van der Waals surface area contributed by atoms with Crippen molar-refractivity contribution in [3.8, 4) is 11.5 Å². The van der Waals surface area contributed by atoms with E-state index < -0.39 is 11.3 Å². The Bertz CT molecular complexity index is 348. The predicted octanol–water partition coefficient (Wildman–Crippen LogP) is 0.973. The van der Waals surface area contributed by atoms with Gasteiger partial charge in [-0.15, -0.1) is 0 Å². The first-order chi connectivity index (χ1) is 7.65. The second-order valence-corrected chi connectivity index (χ2v) is 3.90. The molecule has 0 bridgehead atoms. The van der Waals surface area contributed by atoms with Crippen molar-refractivity contribution in [2.24, 2.45) is 0 Å². The third kappa shape index (κ3) is 4.18. The fourth-order valence-electron chi connectivity index (χ4n) is 1.29. The molecule has 1 unspecified atom stereocenters. The van der Waals surface area contributed by atoms with Gasteiger partial charge in [0, 0.05) is 12.6 Å². The highest BCUT2D eigenvalue weighted by Gasteiger charge is 2.02. The Hall–Kier alpha value is -1.11. The summed E-state index contributed by atoms with van der Waals surface area (Å²) in [5.41, 5.74) is 0.981. The molecule has 1 aromatic rings. The third-order valence-corrected chi connectivity index (χ3v) is 2.50.